The summed E-state index contributed by atoms with van der Waals surface area (Å²) in [6, 6.07) is 5.53. The van der Waals surface area contributed by atoms with Gasteiger partial charge in [-0.15, -0.1) is 0 Å². The first-order valence-corrected chi connectivity index (χ1v) is 11.7. The summed E-state index contributed by atoms with van der Waals surface area (Å²) in [6.07, 6.45) is 3.86. The van der Waals surface area contributed by atoms with Crippen molar-refractivity contribution in [2.75, 3.05) is 29.9 Å². The van der Waals surface area contributed by atoms with Crippen molar-refractivity contribution in [3.63, 3.8) is 0 Å². The molecule has 174 valence electrons. The van der Waals surface area contributed by atoms with E-state index in [9.17, 15) is 18.8 Å². The Balaban J connectivity index is 1.48. The minimum absolute atomic E-state index is 0.0486. The summed E-state index contributed by atoms with van der Waals surface area (Å²) in [4.78, 5) is 48.4. The van der Waals surface area contributed by atoms with E-state index < -0.39 is 11.7 Å². The molecule has 0 spiro atoms. The number of rotatable bonds is 7. The first-order valence-electron chi connectivity index (χ1n) is 10.9. The molecule has 1 fully saturated rings. The molecule has 0 saturated carbocycles. The highest BCUT2D eigenvalue weighted by Gasteiger charge is 2.27. The van der Waals surface area contributed by atoms with Gasteiger partial charge in [-0.1, -0.05) is 24.3 Å². The van der Waals surface area contributed by atoms with Crippen molar-refractivity contribution >= 4 is 44.3 Å². The van der Waals surface area contributed by atoms with E-state index in [1.165, 1.54) is 40.4 Å². The van der Waals surface area contributed by atoms with Crippen LogP contribution in [-0.2, 0) is 16.1 Å². The van der Waals surface area contributed by atoms with E-state index >= 15 is 0 Å². The quantitative estimate of drug-likeness (QED) is 0.547. The van der Waals surface area contributed by atoms with Crippen LogP contribution in [0.2, 0.25) is 0 Å². The molecule has 33 heavy (non-hydrogen) atoms. The van der Waals surface area contributed by atoms with Crippen molar-refractivity contribution < 1.29 is 14.0 Å². The summed E-state index contributed by atoms with van der Waals surface area (Å²) < 4.78 is 14.9. The average molecular weight is 473 g/mol. The lowest BCUT2D eigenvalue weighted by atomic mass is 9.97. The van der Waals surface area contributed by atoms with Crippen LogP contribution in [0.15, 0.2) is 35.4 Å². The normalized spacial score (nSPS) is 16.1. The zero-order valence-electron chi connectivity index (χ0n) is 18.2. The standard InChI is InChI=1S/C22H25FN6O3S/c1-2-8-24-20(31)14-5-4-9-28(11-14)22-27-19-18(33-22)21(32)29(13-25-19)12-17(30)26-16-7-3-6-15(23)10-16/h3,6-7,10,13-14H,2,4-5,8-9,11-12H2,1H3,(H,24,31)(H,26,30)/t14-/m1/s1. The molecule has 11 heteroatoms. The Kier molecular flexibility index (Phi) is 6.97. The Labute approximate surface area is 193 Å². The highest BCUT2D eigenvalue weighted by molar-refractivity contribution is 7.22. The fourth-order valence-electron chi connectivity index (χ4n) is 3.76. The van der Waals surface area contributed by atoms with Gasteiger partial charge in [0.1, 0.15) is 23.4 Å². The van der Waals surface area contributed by atoms with Gasteiger partial charge in [0, 0.05) is 25.3 Å². The van der Waals surface area contributed by atoms with Crippen LogP contribution >= 0.6 is 11.3 Å². The maximum atomic E-state index is 13.3. The van der Waals surface area contributed by atoms with Gasteiger partial charge in [0.25, 0.3) is 5.56 Å². The SMILES string of the molecule is CCCNC(=O)[C@@H]1CCCN(c2nc3ncn(CC(=O)Nc4cccc(F)c4)c(=O)c3s2)C1. The maximum absolute atomic E-state index is 13.3. The highest BCUT2D eigenvalue weighted by atomic mass is 32.1. The Morgan fingerprint density at radius 3 is 2.97 bits per heavy atom. The molecule has 1 aliphatic rings. The van der Waals surface area contributed by atoms with E-state index in [1.807, 2.05) is 11.8 Å². The van der Waals surface area contributed by atoms with Crippen LogP contribution < -0.4 is 21.1 Å². The summed E-state index contributed by atoms with van der Waals surface area (Å²) in [6.45, 7) is 3.71. The number of hydrogen-bond acceptors (Lipinski definition) is 7. The summed E-state index contributed by atoms with van der Waals surface area (Å²) in [7, 11) is 0. The lowest BCUT2D eigenvalue weighted by Gasteiger charge is -2.31. The molecule has 3 heterocycles. The zero-order chi connectivity index (χ0) is 23.4. The topological polar surface area (TPSA) is 109 Å². The minimum Gasteiger partial charge on any atom is -0.356 e. The van der Waals surface area contributed by atoms with E-state index in [0.29, 0.717) is 34.3 Å². The number of piperidine rings is 1. The number of thiazole rings is 1. The number of fused-ring (bicyclic) bond motifs is 1. The van der Waals surface area contributed by atoms with Crippen LogP contribution in [0.4, 0.5) is 15.2 Å². The lowest BCUT2D eigenvalue weighted by Crippen LogP contribution is -2.43. The maximum Gasteiger partial charge on any atom is 0.273 e. The number of amides is 2. The smallest absolute Gasteiger partial charge is 0.273 e. The molecule has 4 rings (SSSR count). The van der Waals surface area contributed by atoms with Crippen molar-refractivity contribution in [3.05, 3.63) is 46.8 Å². The molecule has 1 saturated heterocycles. The lowest BCUT2D eigenvalue weighted by molar-refractivity contribution is -0.125. The van der Waals surface area contributed by atoms with Gasteiger partial charge >= 0.3 is 0 Å². The summed E-state index contributed by atoms with van der Waals surface area (Å²) in [5, 5.41) is 6.16. The third kappa shape index (κ3) is 5.36. The third-order valence-corrected chi connectivity index (χ3v) is 6.50. The van der Waals surface area contributed by atoms with Gasteiger partial charge in [-0.25, -0.2) is 9.37 Å². The van der Waals surface area contributed by atoms with Crippen LogP contribution in [0.1, 0.15) is 26.2 Å². The molecule has 1 aromatic carbocycles. The molecule has 0 aliphatic carbocycles. The molecule has 0 unspecified atom stereocenters. The van der Waals surface area contributed by atoms with Gasteiger partial charge < -0.3 is 15.5 Å². The van der Waals surface area contributed by atoms with Gasteiger partial charge in [-0.05, 0) is 37.5 Å². The van der Waals surface area contributed by atoms with Crippen LogP contribution in [0.3, 0.4) is 0 Å². The molecule has 1 atom stereocenters. The monoisotopic (exact) mass is 472 g/mol. The Hall–Kier alpha value is -3.34. The second-order valence-electron chi connectivity index (χ2n) is 7.96. The van der Waals surface area contributed by atoms with Crippen molar-refractivity contribution in [3.8, 4) is 0 Å². The van der Waals surface area contributed by atoms with Gasteiger partial charge in [-0.3, -0.25) is 19.0 Å². The van der Waals surface area contributed by atoms with Gasteiger partial charge in [-0.2, -0.15) is 4.98 Å². The van der Waals surface area contributed by atoms with Crippen LogP contribution in [0.5, 0.6) is 0 Å². The van der Waals surface area contributed by atoms with Gasteiger partial charge in [0.05, 0.1) is 5.92 Å². The van der Waals surface area contributed by atoms with Crippen molar-refractivity contribution in [2.24, 2.45) is 5.92 Å². The molecule has 1 aliphatic heterocycles. The van der Waals surface area contributed by atoms with E-state index in [4.69, 9.17) is 0 Å². The molecule has 0 radical (unpaired) electrons. The first-order chi connectivity index (χ1) is 15.9. The van der Waals surface area contributed by atoms with Crippen molar-refractivity contribution in [1.82, 2.24) is 19.9 Å². The minimum atomic E-state index is -0.467. The summed E-state index contributed by atoms with van der Waals surface area (Å²) in [5.74, 6) is -1.00. The number of halogens is 1. The van der Waals surface area contributed by atoms with Gasteiger partial charge in [0.15, 0.2) is 10.8 Å². The average Bonchev–Trinajstić information content (AvgIpc) is 3.25. The first kappa shape index (κ1) is 22.8. The number of hydrogen-bond donors (Lipinski definition) is 2. The van der Waals surface area contributed by atoms with Crippen molar-refractivity contribution in [2.45, 2.75) is 32.7 Å². The number of carbonyl (C=O) groups is 2. The van der Waals surface area contributed by atoms with Crippen LogP contribution in [-0.4, -0.2) is 46.0 Å². The third-order valence-electron chi connectivity index (χ3n) is 5.41. The Morgan fingerprint density at radius 2 is 2.18 bits per heavy atom. The van der Waals surface area contributed by atoms with E-state index in [-0.39, 0.29) is 23.9 Å². The predicted octanol–water partition coefficient (Wildman–Crippen LogP) is 2.37. The fraction of sp³-hybridized carbons (Fsp3) is 0.409. The number of nitrogens with zero attached hydrogens (tertiary/aromatic N) is 4. The molecule has 2 aromatic heterocycles. The highest BCUT2D eigenvalue weighted by Crippen LogP contribution is 2.29. The molecular formula is C22H25FN6O3S. The van der Waals surface area contributed by atoms with Gasteiger partial charge in [0.2, 0.25) is 11.8 Å². The largest absolute Gasteiger partial charge is 0.356 e. The van der Waals surface area contributed by atoms with E-state index in [0.717, 1.165) is 25.8 Å². The van der Waals surface area contributed by atoms with Crippen LogP contribution in [0.25, 0.3) is 10.3 Å². The molecule has 2 N–H and O–H groups in total. The van der Waals surface area contributed by atoms with E-state index in [2.05, 4.69) is 20.6 Å². The molecule has 3 aromatic rings. The molecule has 2 amide bonds. The second-order valence-corrected chi connectivity index (χ2v) is 8.94. The number of carbonyl (C=O) groups excluding carboxylic acids is 2. The summed E-state index contributed by atoms with van der Waals surface area (Å²) >= 11 is 1.22. The van der Waals surface area contributed by atoms with Crippen molar-refractivity contribution in [1.29, 1.82) is 0 Å². The number of anilines is 2. The Bertz CT molecular complexity index is 1230. The van der Waals surface area contributed by atoms with E-state index in [1.54, 1.807) is 6.07 Å². The van der Waals surface area contributed by atoms with Crippen LogP contribution in [0, 0.1) is 11.7 Å². The second kappa shape index (κ2) is 10.1. The fourth-order valence-corrected chi connectivity index (χ4v) is 4.77. The molecule has 0 bridgehead atoms. The zero-order valence-corrected chi connectivity index (χ0v) is 19.0. The number of nitrogens with one attached hydrogen (secondary N) is 2. The summed E-state index contributed by atoms with van der Waals surface area (Å²) in [5.41, 5.74) is 0.261. The number of aromatic nitrogens is 3. The predicted molar refractivity (Wildman–Crippen MR) is 125 cm³/mol. The number of benzene rings is 1. The molecule has 9 nitrogen and oxygen atoms in total. The molecular weight excluding hydrogens is 447 g/mol. The Morgan fingerprint density at radius 1 is 1.33 bits per heavy atom.